The SMILES string of the molecule is CCc1csc(C(=O)[O-])n1.[K+]. The first kappa shape index (κ1) is 11.7. The topological polar surface area (TPSA) is 53.0 Å². The molecule has 54 valence electrons. The van der Waals surface area contributed by atoms with E-state index in [1.807, 2.05) is 6.92 Å². The Hall–Kier alpha value is 0.736. The number of carbonyl (C=O) groups is 1. The van der Waals surface area contributed by atoms with Gasteiger partial charge >= 0.3 is 51.4 Å². The number of aromatic nitrogens is 1. The Morgan fingerprint density at radius 3 is 2.73 bits per heavy atom. The molecule has 0 N–H and O–H groups in total. The quantitative estimate of drug-likeness (QED) is 0.475. The molecule has 3 nitrogen and oxygen atoms in total. The molecule has 5 heteroatoms. The summed E-state index contributed by atoms with van der Waals surface area (Å²) in [6, 6.07) is 0. The van der Waals surface area contributed by atoms with Gasteiger partial charge in [-0.1, -0.05) is 6.92 Å². The molecule has 0 aromatic carbocycles. The summed E-state index contributed by atoms with van der Waals surface area (Å²) in [7, 11) is 0. The van der Waals surface area contributed by atoms with E-state index in [2.05, 4.69) is 4.98 Å². The van der Waals surface area contributed by atoms with Gasteiger partial charge in [0.25, 0.3) is 0 Å². The van der Waals surface area contributed by atoms with Gasteiger partial charge in [-0.15, -0.1) is 11.3 Å². The minimum atomic E-state index is -1.19. The van der Waals surface area contributed by atoms with E-state index in [-0.39, 0.29) is 56.4 Å². The molecule has 0 aliphatic rings. The van der Waals surface area contributed by atoms with Crippen LogP contribution in [0, 0.1) is 0 Å². The van der Waals surface area contributed by atoms with E-state index in [4.69, 9.17) is 0 Å². The summed E-state index contributed by atoms with van der Waals surface area (Å²) in [5.41, 5.74) is 0.809. The van der Waals surface area contributed by atoms with Crippen LogP contribution in [0.4, 0.5) is 0 Å². The van der Waals surface area contributed by atoms with E-state index in [0.717, 1.165) is 23.5 Å². The predicted octanol–water partition coefficient (Wildman–Crippen LogP) is -2.93. The maximum atomic E-state index is 10.2. The van der Waals surface area contributed by atoms with Crippen LogP contribution in [-0.2, 0) is 6.42 Å². The van der Waals surface area contributed by atoms with E-state index < -0.39 is 5.97 Å². The summed E-state index contributed by atoms with van der Waals surface area (Å²) in [6.45, 7) is 1.92. The maximum Gasteiger partial charge on any atom is 1.00 e. The van der Waals surface area contributed by atoms with Gasteiger partial charge in [0.15, 0.2) is 0 Å². The fourth-order valence-electron chi connectivity index (χ4n) is 0.563. The Bertz CT molecular complexity index is 248. The van der Waals surface area contributed by atoms with Crippen molar-refractivity contribution in [1.82, 2.24) is 4.98 Å². The standard InChI is InChI=1S/C6H7NO2S.K/c1-2-4-3-10-5(7-4)6(8)9;/h3H,2H2,1H3,(H,8,9);/q;+1/p-1. The Kier molecular flexibility index (Phi) is 5.76. The number of aromatic carboxylic acids is 1. The molecular weight excluding hydrogens is 189 g/mol. The van der Waals surface area contributed by atoms with Gasteiger partial charge in [-0.25, -0.2) is 4.98 Å². The molecule has 11 heavy (non-hydrogen) atoms. The van der Waals surface area contributed by atoms with Gasteiger partial charge in [0.1, 0.15) is 11.0 Å². The monoisotopic (exact) mass is 195 g/mol. The molecule has 0 spiro atoms. The summed E-state index contributed by atoms with van der Waals surface area (Å²) in [6.07, 6.45) is 0.768. The molecule has 0 saturated heterocycles. The van der Waals surface area contributed by atoms with E-state index in [1.165, 1.54) is 0 Å². The number of rotatable bonds is 2. The number of hydrogen-bond acceptors (Lipinski definition) is 4. The molecule has 0 fully saturated rings. The van der Waals surface area contributed by atoms with Gasteiger partial charge in [0, 0.05) is 5.38 Å². The molecule has 0 saturated carbocycles. The second-order valence-corrected chi connectivity index (χ2v) is 2.64. The van der Waals surface area contributed by atoms with Crippen LogP contribution in [-0.4, -0.2) is 11.0 Å². The third kappa shape index (κ3) is 3.31. The van der Waals surface area contributed by atoms with Crippen molar-refractivity contribution in [2.45, 2.75) is 13.3 Å². The molecule has 1 aromatic rings. The first-order valence-electron chi connectivity index (χ1n) is 2.89. The molecule has 1 aromatic heterocycles. The number of thiazole rings is 1. The van der Waals surface area contributed by atoms with Crippen molar-refractivity contribution >= 4 is 17.3 Å². The zero-order chi connectivity index (χ0) is 7.56. The van der Waals surface area contributed by atoms with Gasteiger partial charge in [-0.3, -0.25) is 0 Å². The van der Waals surface area contributed by atoms with Crippen molar-refractivity contribution in [3.05, 3.63) is 16.1 Å². The van der Waals surface area contributed by atoms with Gasteiger partial charge in [-0.05, 0) is 6.42 Å². The zero-order valence-electron chi connectivity index (χ0n) is 6.46. The summed E-state index contributed by atoms with van der Waals surface area (Å²) in [4.78, 5) is 14.0. The van der Waals surface area contributed by atoms with Gasteiger partial charge in [0.2, 0.25) is 0 Å². The molecule has 0 bridgehead atoms. The second-order valence-electron chi connectivity index (χ2n) is 1.79. The number of carbonyl (C=O) groups excluding carboxylic acids is 1. The summed E-state index contributed by atoms with van der Waals surface area (Å²) < 4.78 is 0. The molecule has 0 unspecified atom stereocenters. The first-order valence-corrected chi connectivity index (χ1v) is 3.77. The van der Waals surface area contributed by atoms with Crippen molar-refractivity contribution in [3.8, 4) is 0 Å². The molecule has 0 amide bonds. The number of nitrogens with zero attached hydrogens (tertiary/aromatic N) is 1. The number of aryl methyl sites for hydroxylation is 1. The van der Waals surface area contributed by atoms with E-state index in [9.17, 15) is 9.90 Å². The normalized spacial score (nSPS) is 8.82. The van der Waals surface area contributed by atoms with Crippen molar-refractivity contribution in [2.75, 3.05) is 0 Å². The van der Waals surface area contributed by atoms with E-state index in [0.29, 0.717) is 0 Å². The van der Waals surface area contributed by atoms with E-state index >= 15 is 0 Å². The summed E-state index contributed by atoms with van der Waals surface area (Å²) in [5, 5.41) is 12.0. The van der Waals surface area contributed by atoms with Crippen LogP contribution in [0.2, 0.25) is 0 Å². The first-order chi connectivity index (χ1) is 4.74. The summed E-state index contributed by atoms with van der Waals surface area (Å²) >= 11 is 1.11. The molecule has 0 aliphatic carbocycles. The van der Waals surface area contributed by atoms with Gasteiger partial charge < -0.3 is 9.90 Å². The molecule has 1 rings (SSSR count). The Balaban J connectivity index is 0.000001000. The molecule has 0 radical (unpaired) electrons. The van der Waals surface area contributed by atoms with Crippen LogP contribution in [0.15, 0.2) is 5.38 Å². The number of carboxylic acids is 1. The van der Waals surface area contributed by atoms with Crippen LogP contribution in [0.1, 0.15) is 22.4 Å². The van der Waals surface area contributed by atoms with Gasteiger partial charge in [0.05, 0.1) is 5.69 Å². The van der Waals surface area contributed by atoms with Crippen LogP contribution < -0.4 is 56.5 Å². The van der Waals surface area contributed by atoms with Crippen LogP contribution in [0.5, 0.6) is 0 Å². The average Bonchev–Trinajstić information content (AvgIpc) is 2.34. The predicted molar refractivity (Wildman–Crippen MR) is 35.8 cm³/mol. The fraction of sp³-hybridized carbons (Fsp3) is 0.333. The van der Waals surface area contributed by atoms with Crippen molar-refractivity contribution < 1.29 is 61.3 Å². The van der Waals surface area contributed by atoms with Gasteiger partial charge in [-0.2, -0.15) is 0 Å². The molecule has 0 atom stereocenters. The smallest absolute Gasteiger partial charge is 0.542 e. The van der Waals surface area contributed by atoms with Crippen LogP contribution in [0.3, 0.4) is 0 Å². The van der Waals surface area contributed by atoms with Crippen molar-refractivity contribution in [2.24, 2.45) is 0 Å². The Labute approximate surface area is 111 Å². The van der Waals surface area contributed by atoms with Crippen molar-refractivity contribution in [3.63, 3.8) is 0 Å². The third-order valence-electron chi connectivity index (χ3n) is 1.09. The summed E-state index contributed by atoms with van der Waals surface area (Å²) in [5.74, 6) is -1.19. The van der Waals surface area contributed by atoms with Crippen molar-refractivity contribution in [1.29, 1.82) is 0 Å². The van der Waals surface area contributed by atoms with Crippen LogP contribution in [0.25, 0.3) is 0 Å². The largest absolute Gasteiger partial charge is 1.00 e. The minimum absolute atomic E-state index is 0. The average molecular weight is 195 g/mol. The second kappa shape index (κ2) is 5.39. The van der Waals surface area contributed by atoms with E-state index in [1.54, 1.807) is 5.38 Å². The minimum Gasteiger partial charge on any atom is -0.542 e. The number of carboxylic acid groups (broad SMARTS) is 1. The Morgan fingerprint density at radius 1 is 1.82 bits per heavy atom. The fourth-order valence-corrected chi connectivity index (χ4v) is 1.30. The van der Waals surface area contributed by atoms with Crippen LogP contribution >= 0.6 is 11.3 Å². The zero-order valence-corrected chi connectivity index (χ0v) is 10.4. The third-order valence-corrected chi connectivity index (χ3v) is 1.96. The molecule has 1 heterocycles. The molecule has 0 aliphatic heterocycles. The molecular formula is C6H6KNO2S. The number of hydrogen-bond donors (Lipinski definition) is 0. The Morgan fingerprint density at radius 2 is 2.45 bits per heavy atom. The maximum absolute atomic E-state index is 10.2.